The van der Waals surface area contributed by atoms with Crippen molar-refractivity contribution in [1.29, 1.82) is 0 Å². The third-order valence-corrected chi connectivity index (χ3v) is 9.14. The molecule has 2 aromatic carbocycles. The van der Waals surface area contributed by atoms with Crippen LogP contribution in [0.2, 0.25) is 0 Å². The fourth-order valence-corrected chi connectivity index (χ4v) is 6.15. The van der Waals surface area contributed by atoms with Crippen LogP contribution in [-0.2, 0) is 0 Å². The van der Waals surface area contributed by atoms with Crippen LogP contribution in [-0.4, -0.2) is 37.1 Å². The first-order chi connectivity index (χ1) is 22.1. The zero-order valence-electron chi connectivity index (χ0n) is 31.8. The van der Waals surface area contributed by atoms with Crippen molar-refractivity contribution in [3.63, 3.8) is 0 Å². The molecule has 0 bridgehead atoms. The van der Waals surface area contributed by atoms with E-state index in [-0.39, 0.29) is 62.7 Å². The number of anilines is 1. The van der Waals surface area contributed by atoms with Gasteiger partial charge in [0.05, 0.1) is 12.5 Å². The standard InChI is InChI=1S/C20H27FN3OS.C13H19N.C4H10.C2H6.K/c1-5-7-17(22-20-23-24(3)19(26-20)13-8-9-13)15(6-2)16-12-14(21)10-11-18(16)25-4;1-5-11(2)10-14(4)13-9-7-6-8-12(13)3;1-3-4-2;1-2;/h5,7,10-13,19-20,23H,6,8-9H2,1-4H3;6-10H,5H2,1-4H3;3-4H2,1-2H3;1-2H3;/q-1;;;;+1/b7-5-,17-15-;;;;. The van der Waals surface area contributed by atoms with E-state index in [1.807, 2.05) is 44.7 Å². The largest absolute Gasteiger partial charge is 1.00 e. The van der Waals surface area contributed by atoms with Crippen molar-refractivity contribution in [2.45, 2.75) is 112 Å². The maximum absolute atomic E-state index is 13.9. The first-order valence-electron chi connectivity index (χ1n) is 17.1. The molecule has 2 aliphatic rings. The molecule has 1 aliphatic heterocycles. The number of para-hydroxylation sites is 1. The average molecular weight is 693 g/mol. The SMILES string of the molecule is C/C=C\C([N-]C1NN(C)C(C2CC2)S1)=C(/CC)c1cc(F)ccc1OC.CC.CCC(C)=CN(C)c1ccccc1C.CCCC.[K+]. The van der Waals surface area contributed by atoms with Crippen LogP contribution in [0.3, 0.4) is 0 Å². The third-order valence-electron chi connectivity index (χ3n) is 7.69. The number of ether oxygens (including phenoxy) is 1. The van der Waals surface area contributed by atoms with Crippen molar-refractivity contribution in [2.75, 3.05) is 26.1 Å². The van der Waals surface area contributed by atoms with Crippen LogP contribution in [0.15, 0.2) is 72.1 Å². The second-order valence-corrected chi connectivity index (χ2v) is 12.6. The van der Waals surface area contributed by atoms with Gasteiger partial charge in [-0.1, -0.05) is 95.9 Å². The van der Waals surface area contributed by atoms with Crippen LogP contribution < -0.4 is 66.4 Å². The van der Waals surface area contributed by atoms with Gasteiger partial charge in [-0.05, 0) is 87.7 Å². The van der Waals surface area contributed by atoms with E-state index in [2.05, 4.69) is 101 Å². The Balaban J connectivity index is 0.000000851. The Bertz CT molecular complexity index is 1250. The molecule has 47 heavy (non-hydrogen) atoms. The van der Waals surface area contributed by atoms with Gasteiger partial charge in [0.2, 0.25) is 0 Å². The average Bonchev–Trinajstić information content (AvgIpc) is 3.84. The predicted molar refractivity (Wildman–Crippen MR) is 203 cm³/mol. The summed E-state index contributed by atoms with van der Waals surface area (Å²) in [6.45, 7) is 18.9. The zero-order chi connectivity index (χ0) is 34.6. The van der Waals surface area contributed by atoms with Crippen molar-refractivity contribution in [1.82, 2.24) is 10.4 Å². The van der Waals surface area contributed by atoms with Crippen LogP contribution in [0, 0.1) is 18.7 Å². The second kappa shape index (κ2) is 25.8. The summed E-state index contributed by atoms with van der Waals surface area (Å²) >= 11 is 1.85. The van der Waals surface area contributed by atoms with Crippen molar-refractivity contribution in [2.24, 2.45) is 5.92 Å². The number of hydrazine groups is 1. The van der Waals surface area contributed by atoms with Gasteiger partial charge < -0.3 is 15.0 Å². The van der Waals surface area contributed by atoms with E-state index >= 15 is 0 Å². The van der Waals surface area contributed by atoms with Crippen LogP contribution in [0.25, 0.3) is 10.9 Å². The van der Waals surface area contributed by atoms with Gasteiger partial charge in [-0.25, -0.2) is 9.40 Å². The summed E-state index contributed by atoms with van der Waals surface area (Å²) in [5.41, 5.74) is 10.0. The predicted octanol–water partition coefficient (Wildman–Crippen LogP) is 8.69. The van der Waals surface area contributed by atoms with Crippen molar-refractivity contribution >= 4 is 23.0 Å². The molecular weight excluding hydrogens is 631 g/mol. The molecule has 1 N–H and O–H groups in total. The summed E-state index contributed by atoms with van der Waals surface area (Å²) in [6.07, 6.45) is 13.3. The van der Waals surface area contributed by atoms with Crippen LogP contribution >= 0.6 is 11.8 Å². The van der Waals surface area contributed by atoms with Gasteiger partial charge in [-0.2, -0.15) is 0 Å². The number of rotatable bonds is 11. The first kappa shape index (κ1) is 45.9. The summed E-state index contributed by atoms with van der Waals surface area (Å²) in [5.74, 6) is 1.16. The minimum absolute atomic E-state index is 0. The molecule has 5 nitrogen and oxygen atoms in total. The Morgan fingerprint density at radius 2 is 1.72 bits per heavy atom. The van der Waals surface area contributed by atoms with Crippen molar-refractivity contribution < 1.29 is 60.5 Å². The minimum atomic E-state index is -0.270. The van der Waals surface area contributed by atoms with Gasteiger partial charge in [0, 0.05) is 31.5 Å². The molecule has 2 fully saturated rings. The molecule has 2 aromatic rings. The molecule has 2 atom stereocenters. The monoisotopic (exact) mass is 692 g/mol. The summed E-state index contributed by atoms with van der Waals surface area (Å²) in [4.78, 5) is 2.19. The number of benzene rings is 2. The number of nitrogens with one attached hydrogen (secondary N) is 1. The molecule has 0 aromatic heterocycles. The first-order valence-corrected chi connectivity index (χ1v) is 18.1. The number of thioether (sulfide) groups is 1. The molecule has 1 saturated carbocycles. The van der Waals surface area contributed by atoms with E-state index in [1.165, 1.54) is 54.6 Å². The Morgan fingerprint density at radius 3 is 2.23 bits per heavy atom. The van der Waals surface area contributed by atoms with Gasteiger partial charge in [0.25, 0.3) is 0 Å². The molecule has 258 valence electrons. The Hall–Kier alpha value is -1.10. The smallest absolute Gasteiger partial charge is 0.660 e. The van der Waals surface area contributed by atoms with Crippen LogP contribution in [0.5, 0.6) is 5.75 Å². The van der Waals surface area contributed by atoms with E-state index in [1.54, 1.807) is 13.2 Å². The van der Waals surface area contributed by atoms with E-state index in [4.69, 9.17) is 10.1 Å². The van der Waals surface area contributed by atoms with Crippen LogP contribution in [0.4, 0.5) is 10.1 Å². The Kier molecular flexibility index (Phi) is 25.2. The fraction of sp³-hybridized carbons (Fsp3) is 0.538. The second-order valence-electron chi connectivity index (χ2n) is 11.4. The van der Waals surface area contributed by atoms with Crippen molar-refractivity contribution in [3.8, 4) is 5.75 Å². The molecule has 8 heteroatoms. The number of allylic oxidation sites excluding steroid dienone is 4. The summed E-state index contributed by atoms with van der Waals surface area (Å²) in [5, 5.41) is 7.61. The zero-order valence-corrected chi connectivity index (χ0v) is 35.7. The maximum atomic E-state index is 13.9. The van der Waals surface area contributed by atoms with E-state index in [9.17, 15) is 4.39 Å². The Morgan fingerprint density at radius 1 is 1.09 bits per heavy atom. The molecule has 1 saturated heterocycles. The van der Waals surface area contributed by atoms with Gasteiger partial charge in [-0.15, -0.1) is 17.5 Å². The fourth-order valence-electron chi connectivity index (χ4n) is 4.75. The molecule has 0 radical (unpaired) electrons. The summed E-state index contributed by atoms with van der Waals surface area (Å²) < 4.78 is 19.3. The molecule has 2 unspecified atom stereocenters. The molecule has 0 spiro atoms. The number of hydrogen-bond donors (Lipinski definition) is 1. The summed E-state index contributed by atoms with van der Waals surface area (Å²) in [7, 11) is 5.79. The third kappa shape index (κ3) is 16.0. The number of halogens is 1. The van der Waals surface area contributed by atoms with Crippen LogP contribution in [0.1, 0.15) is 105 Å². The maximum Gasteiger partial charge on any atom is 1.00 e. The number of hydrogen-bond acceptors (Lipinski definition) is 5. The number of nitrogens with zero attached hydrogens (tertiary/aromatic N) is 3. The van der Waals surface area contributed by atoms with Gasteiger partial charge in [0.15, 0.2) is 0 Å². The van der Waals surface area contributed by atoms with E-state index in [0.29, 0.717) is 11.1 Å². The normalized spacial score (nSPS) is 17.9. The number of methoxy groups -OCH3 is 1. The van der Waals surface area contributed by atoms with Crippen molar-refractivity contribution in [3.05, 3.63) is 94.3 Å². The Labute approximate surface area is 334 Å². The molecule has 1 heterocycles. The van der Waals surface area contributed by atoms with Gasteiger partial charge >= 0.3 is 51.4 Å². The minimum Gasteiger partial charge on any atom is -0.660 e. The topological polar surface area (TPSA) is 41.8 Å². The molecule has 1 aliphatic carbocycles. The van der Waals surface area contributed by atoms with E-state index in [0.717, 1.165) is 35.6 Å². The molecule has 0 amide bonds. The number of unbranched alkanes of at least 4 members (excludes halogenated alkanes) is 1. The van der Waals surface area contributed by atoms with Gasteiger partial charge in [-0.3, -0.25) is 5.43 Å². The number of aryl methyl sites for hydroxylation is 1. The summed E-state index contributed by atoms with van der Waals surface area (Å²) in [6, 6.07) is 13.1. The molecule has 4 rings (SSSR count). The van der Waals surface area contributed by atoms with E-state index < -0.39 is 0 Å². The molecular formula is C39H62FKN4OS. The quantitative estimate of drug-likeness (QED) is 0.189. The van der Waals surface area contributed by atoms with Gasteiger partial charge in [0.1, 0.15) is 11.6 Å².